The molecule has 0 aromatic carbocycles. The zero-order chi connectivity index (χ0) is 16.2. The molecule has 0 saturated heterocycles. The van der Waals surface area contributed by atoms with Crippen molar-refractivity contribution in [2.75, 3.05) is 20.6 Å². The fourth-order valence-electron chi connectivity index (χ4n) is 2.63. The van der Waals surface area contributed by atoms with E-state index in [-0.39, 0.29) is 12.1 Å². The minimum absolute atomic E-state index is 0.00712. The summed E-state index contributed by atoms with van der Waals surface area (Å²) in [4.78, 5) is 17.9. The topological polar surface area (TPSA) is 48.7 Å². The lowest BCUT2D eigenvalue weighted by Gasteiger charge is -2.26. The second-order valence-corrected chi connectivity index (χ2v) is 7.10. The van der Waals surface area contributed by atoms with Crippen LogP contribution in [0, 0.1) is 0 Å². The van der Waals surface area contributed by atoms with Crippen molar-refractivity contribution in [3.05, 3.63) is 46.5 Å². The maximum absolute atomic E-state index is 12.6. The SMILES string of the molecule is CN(C)[C@@H](CNC(=O)N(Cc1ccco1)C1CC1)c1cccs1. The predicted molar refractivity (Wildman–Crippen MR) is 91.4 cm³/mol. The smallest absolute Gasteiger partial charge is 0.318 e. The molecule has 1 fully saturated rings. The van der Waals surface area contributed by atoms with Crippen molar-refractivity contribution in [1.82, 2.24) is 15.1 Å². The summed E-state index contributed by atoms with van der Waals surface area (Å²) in [5.41, 5.74) is 0. The highest BCUT2D eigenvalue weighted by molar-refractivity contribution is 7.10. The molecule has 0 unspecified atom stereocenters. The lowest BCUT2D eigenvalue weighted by Crippen LogP contribution is -2.43. The Morgan fingerprint density at radius 1 is 1.39 bits per heavy atom. The maximum atomic E-state index is 12.6. The number of nitrogens with zero attached hydrogens (tertiary/aromatic N) is 2. The summed E-state index contributed by atoms with van der Waals surface area (Å²) in [7, 11) is 4.08. The van der Waals surface area contributed by atoms with Gasteiger partial charge in [0.15, 0.2) is 0 Å². The fraction of sp³-hybridized carbons (Fsp3) is 0.471. The number of hydrogen-bond donors (Lipinski definition) is 1. The number of hydrogen-bond acceptors (Lipinski definition) is 4. The number of rotatable bonds is 7. The van der Waals surface area contributed by atoms with Gasteiger partial charge in [0.05, 0.1) is 18.8 Å². The summed E-state index contributed by atoms with van der Waals surface area (Å²) in [5, 5.41) is 5.17. The third-order valence-corrected chi connectivity index (χ3v) is 5.07. The molecule has 2 aromatic heterocycles. The van der Waals surface area contributed by atoms with Gasteiger partial charge in [-0.2, -0.15) is 0 Å². The Kier molecular flexibility index (Phi) is 5.03. The van der Waals surface area contributed by atoms with Crippen LogP contribution in [0.15, 0.2) is 40.3 Å². The molecule has 3 rings (SSSR count). The van der Waals surface area contributed by atoms with Crippen LogP contribution in [0.2, 0.25) is 0 Å². The molecule has 1 aliphatic rings. The molecule has 23 heavy (non-hydrogen) atoms. The quantitative estimate of drug-likeness (QED) is 0.845. The minimum atomic E-state index is -0.00712. The van der Waals surface area contributed by atoms with Crippen LogP contribution in [0.4, 0.5) is 4.79 Å². The van der Waals surface area contributed by atoms with Gasteiger partial charge in [0.1, 0.15) is 5.76 Å². The zero-order valence-corrected chi connectivity index (χ0v) is 14.4. The number of carbonyl (C=O) groups is 1. The Labute approximate surface area is 140 Å². The first-order chi connectivity index (χ1) is 11.1. The molecule has 6 heteroatoms. The van der Waals surface area contributed by atoms with E-state index in [4.69, 9.17) is 4.42 Å². The summed E-state index contributed by atoms with van der Waals surface area (Å²) >= 11 is 1.72. The van der Waals surface area contributed by atoms with Crippen LogP contribution >= 0.6 is 11.3 Å². The van der Waals surface area contributed by atoms with E-state index in [1.165, 1.54) is 4.88 Å². The number of carbonyl (C=O) groups excluding carboxylic acids is 1. The Morgan fingerprint density at radius 3 is 2.78 bits per heavy atom. The first kappa shape index (κ1) is 16.1. The molecular formula is C17H23N3O2S. The van der Waals surface area contributed by atoms with E-state index >= 15 is 0 Å². The second-order valence-electron chi connectivity index (χ2n) is 6.12. The third-order valence-electron chi connectivity index (χ3n) is 4.10. The molecule has 1 aliphatic carbocycles. The monoisotopic (exact) mass is 333 g/mol. The van der Waals surface area contributed by atoms with Gasteiger partial charge in [0.25, 0.3) is 0 Å². The summed E-state index contributed by atoms with van der Waals surface area (Å²) in [6, 6.07) is 8.47. The molecule has 0 aliphatic heterocycles. The molecule has 1 saturated carbocycles. The van der Waals surface area contributed by atoms with E-state index in [0.29, 0.717) is 19.1 Å². The standard InChI is InChI=1S/C17H23N3O2S/c1-19(2)15(16-6-4-10-23-16)11-18-17(21)20(13-7-8-13)12-14-5-3-9-22-14/h3-6,9-10,13,15H,7-8,11-12H2,1-2H3,(H,18,21)/t15-/m0/s1. The second kappa shape index (κ2) is 7.19. The maximum Gasteiger partial charge on any atom is 0.318 e. The van der Waals surface area contributed by atoms with Crippen molar-refractivity contribution in [3.63, 3.8) is 0 Å². The minimum Gasteiger partial charge on any atom is -0.467 e. The van der Waals surface area contributed by atoms with Crippen molar-refractivity contribution in [1.29, 1.82) is 0 Å². The molecule has 2 heterocycles. The number of likely N-dealkylation sites (N-methyl/N-ethyl adjacent to an activating group) is 1. The van der Waals surface area contributed by atoms with Crippen molar-refractivity contribution < 1.29 is 9.21 Å². The van der Waals surface area contributed by atoms with E-state index in [1.807, 2.05) is 37.2 Å². The molecule has 2 aromatic rings. The normalized spacial score (nSPS) is 15.6. The molecule has 0 spiro atoms. The van der Waals surface area contributed by atoms with Gasteiger partial charge in [0.2, 0.25) is 0 Å². The van der Waals surface area contributed by atoms with Gasteiger partial charge < -0.3 is 19.5 Å². The number of thiophene rings is 1. The van der Waals surface area contributed by atoms with Crippen LogP contribution in [0.25, 0.3) is 0 Å². The number of nitrogens with one attached hydrogen (secondary N) is 1. The van der Waals surface area contributed by atoms with E-state index in [1.54, 1.807) is 17.6 Å². The van der Waals surface area contributed by atoms with Crippen LogP contribution in [-0.2, 0) is 6.54 Å². The van der Waals surface area contributed by atoms with Gasteiger partial charge in [-0.05, 0) is 50.5 Å². The number of furan rings is 1. The van der Waals surface area contributed by atoms with Crippen LogP contribution in [0.5, 0.6) is 0 Å². The molecule has 124 valence electrons. The molecule has 1 atom stereocenters. The van der Waals surface area contributed by atoms with Crippen molar-refractivity contribution >= 4 is 17.4 Å². The molecule has 1 N–H and O–H groups in total. The Bertz CT molecular complexity index is 606. The highest BCUT2D eigenvalue weighted by Crippen LogP contribution is 2.29. The Morgan fingerprint density at radius 2 is 2.22 bits per heavy atom. The number of amides is 2. The third kappa shape index (κ3) is 4.14. The largest absolute Gasteiger partial charge is 0.467 e. The van der Waals surface area contributed by atoms with E-state index < -0.39 is 0 Å². The molecule has 5 nitrogen and oxygen atoms in total. The van der Waals surface area contributed by atoms with Crippen LogP contribution in [-0.4, -0.2) is 42.5 Å². The van der Waals surface area contributed by atoms with Gasteiger partial charge in [-0.3, -0.25) is 0 Å². The summed E-state index contributed by atoms with van der Waals surface area (Å²) in [6.45, 7) is 1.14. The van der Waals surface area contributed by atoms with Gasteiger partial charge in [-0.1, -0.05) is 6.07 Å². The van der Waals surface area contributed by atoms with E-state index in [9.17, 15) is 4.79 Å². The molecule has 0 radical (unpaired) electrons. The fourth-order valence-corrected chi connectivity index (χ4v) is 3.55. The van der Waals surface area contributed by atoms with Gasteiger partial charge in [0, 0.05) is 17.5 Å². The van der Waals surface area contributed by atoms with Crippen molar-refractivity contribution in [2.24, 2.45) is 0 Å². The zero-order valence-electron chi connectivity index (χ0n) is 13.6. The average molecular weight is 333 g/mol. The van der Waals surface area contributed by atoms with Crippen LogP contribution in [0.1, 0.15) is 29.5 Å². The first-order valence-electron chi connectivity index (χ1n) is 7.92. The average Bonchev–Trinajstić information content (AvgIpc) is 3.01. The van der Waals surface area contributed by atoms with Gasteiger partial charge in [-0.15, -0.1) is 11.3 Å². The van der Waals surface area contributed by atoms with Crippen molar-refractivity contribution in [2.45, 2.75) is 31.5 Å². The van der Waals surface area contributed by atoms with Gasteiger partial charge >= 0.3 is 6.03 Å². The number of urea groups is 1. The van der Waals surface area contributed by atoms with Gasteiger partial charge in [-0.25, -0.2) is 4.79 Å². The van der Waals surface area contributed by atoms with Crippen LogP contribution < -0.4 is 5.32 Å². The van der Waals surface area contributed by atoms with E-state index in [0.717, 1.165) is 18.6 Å². The highest BCUT2D eigenvalue weighted by atomic mass is 32.1. The highest BCUT2D eigenvalue weighted by Gasteiger charge is 2.33. The summed E-state index contributed by atoms with van der Waals surface area (Å²) < 4.78 is 5.39. The van der Waals surface area contributed by atoms with Crippen LogP contribution in [0.3, 0.4) is 0 Å². The van der Waals surface area contributed by atoms with Crippen molar-refractivity contribution in [3.8, 4) is 0 Å². The Balaban J connectivity index is 1.60. The lowest BCUT2D eigenvalue weighted by molar-refractivity contribution is 0.182. The summed E-state index contributed by atoms with van der Waals surface area (Å²) in [5.74, 6) is 0.828. The molecule has 0 bridgehead atoms. The molecule has 2 amide bonds. The van der Waals surface area contributed by atoms with E-state index in [2.05, 4.69) is 21.7 Å². The predicted octanol–water partition coefficient (Wildman–Crippen LogP) is 3.32. The first-order valence-corrected chi connectivity index (χ1v) is 8.80. The summed E-state index contributed by atoms with van der Waals surface area (Å²) in [6.07, 6.45) is 3.81. The Hall–Kier alpha value is -1.79. The lowest BCUT2D eigenvalue weighted by atomic mass is 10.2. The molecular weight excluding hydrogens is 310 g/mol.